The van der Waals surface area contributed by atoms with Crippen LogP contribution in [0.1, 0.15) is 32.6 Å². The topological polar surface area (TPSA) is 57.6 Å². The average molecular weight is 225 g/mol. The van der Waals surface area contributed by atoms with Gasteiger partial charge in [0.1, 0.15) is 0 Å². The lowest BCUT2D eigenvalue weighted by Gasteiger charge is -2.36. The Hall–Kier alpha value is -1.32. The van der Waals surface area contributed by atoms with Crippen LogP contribution in [0.15, 0.2) is 12.7 Å². The van der Waals surface area contributed by atoms with Crippen LogP contribution in [0.4, 0.5) is 0 Å². The van der Waals surface area contributed by atoms with E-state index >= 15 is 0 Å². The molecule has 0 aromatic heterocycles. The summed E-state index contributed by atoms with van der Waals surface area (Å²) >= 11 is 0. The van der Waals surface area contributed by atoms with Crippen LogP contribution in [-0.2, 0) is 9.59 Å². The molecule has 1 N–H and O–H groups in total. The van der Waals surface area contributed by atoms with Gasteiger partial charge in [0, 0.05) is 19.0 Å². The van der Waals surface area contributed by atoms with Crippen molar-refractivity contribution >= 4 is 11.9 Å². The number of carbonyl (C=O) groups excluding carboxylic acids is 1. The monoisotopic (exact) mass is 225 g/mol. The Kier molecular flexibility index (Phi) is 4.52. The number of carboxylic acids is 1. The number of nitrogens with zero attached hydrogens (tertiary/aromatic N) is 1. The summed E-state index contributed by atoms with van der Waals surface area (Å²) in [5, 5.41) is 8.95. The SMILES string of the molecule is C=CCCC(=O)N1CC(C(=O)O)CCC1C. The van der Waals surface area contributed by atoms with E-state index in [0.29, 0.717) is 25.8 Å². The molecule has 2 unspecified atom stereocenters. The summed E-state index contributed by atoms with van der Waals surface area (Å²) in [6, 6.07) is 0.160. The molecule has 2 atom stereocenters. The highest BCUT2D eigenvalue weighted by atomic mass is 16.4. The number of rotatable bonds is 4. The lowest BCUT2D eigenvalue weighted by Crippen LogP contribution is -2.47. The normalized spacial score (nSPS) is 25.2. The maximum Gasteiger partial charge on any atom is 0.308 e. The maximum absolute atomic E-state index is 11.8. The zero-order valence-corrected chi connectivity index (χ0v) is 9.69. The summed E-state index contributed by atoms with van der Waals surface area (Å²) in [5.74, 6) is -1.16. The van der Waals surface area contributed by atoms with Crippen molar-refractivity contribution in [3.63, 3.8) is 0 Å². The van der Waals surface area contributed by atoms with Gasteiger partial charge in [-0.05, 0) is 26.2 Å². The van der Waals surface area contributed by atoms with Crippen molar-refractivity contribution in [3.05, 3.63) is 12.7 Å². The van der Waals surface area contributed by atoms with Crippen molar-refractivity contribution in [2.24, 2.45) is 5.92 Å². The second kappa shape index (κ2) is 5.68. The molecule has 0 aromatic rings. The first-order chi connectivity index (χ1) is 7.56. The van der Waals surface area contributed by atoms with Gasteiger partial charge in [-0.2, -0.15) is 0 Å². The molecule has 1 fully saturated rings. The molecule has 1 amide bonds. The van der Waals surface area contributed by atoms with Crippen LogP contribution in [0, 0.1) is 5.92 Å². The van der Waals surface area contributed by atoms with Crippen LogP contribution < -0.4 is 0 Å². The molecule has 4 nitrogen and oxygen atoms in total. The van der Waals surface area contributed by atoms with E-state index in [1.165, 1.54) is 0 Å². The Bertz CT molecular complexity index is 288. The minimum Gasteiger partial charge on any atom is -0.481 e. The Labute approximate surface area is 95.9 Å². The highest BCUT2D eigenvalue weighted by Gasteiger charge is 2.31. The molecule has 0 aliphatic carbocycles. The van der Waals surface area contributed by atoms with E-state index in [-0.39, 0.29) is 11.9 Å². The number of likely N-dealkylation sites (tertiary alicyclic amines) is 1. The van der Waals surface area contributed by atoms with Gasteiger partial charge in [0.05, 0.1) is 5.92 Å². The fraction of sp³-hybridized carbons (Fsp3) is 0.667. The van der Waals surface area contributed by atoms with E-state index in [4.69, 9.17) is 5.11 Å². The molecule has 0 aromatic carbocycles. The molecule has 0 bridgehead atoms. The standard InChI is InChI=1S/C12H19NO3/c1-3-4-5-11(14)13-8-10(12(15)16)7-6-9(13)2/h3,9-10H,1,4-8H2,2H3,(H,15,16). The van der Waals surface area contributed by atoms with E-state index < -0.39 is 11.9 Å². The second-order valence-corrected chi connectivity index (χ2v) is 4.33. The van der Waals surface area contributed by atoms with Gasteiger partial charge in [-0.25, -0.2) is 0 Å². The highest BCUT2D eigenvalue weighted by molar-refractivity contribution is 5.78. The summed E-state index contributed by atoms with van der Waals surface area (Å²) in [7, 11) is 0. The van der Waals surface area contributed by atoms with Crippen LogP contribution in [-0.4, -0.2) is 34.5 Å². The lowest BCUT2D eigenvalue weighted by atomic mass is 9.93. The van der Waals surface area contributed by atoms with Crippen molar-refractivity contribution in [3.8, 4) is 0 Å². The molecule has 0 saturated carbocycles. The van der Waals surface area contributed by atoms with Crippen molar-refractivity contribution in [2.75, 3.05) is 6.54 Å². The Morgan fingerprint density at radius 3 is 2.75 bits per heavy atom. The molecule has 0 radical (unpaired) electrons. The molecule has 1 aliphatic rings. The number of allylic oxidation sites excluding steroid dienone is 1. The number of carbonyl (C=O) groups is 2. The third kappa shape index (κ3) is 3.08. The van der Waals surface area contributed by atoms with Gasteiger partial charge in [-0.15, -0.1) is 6.58 Å². The third-order valence-corrected chi connectivity index (χ3v) is 3.11. The summed E-state index contributed by atoms with van der Waals surface area (Å²) in [5.41, 5.74) is 0. The molecule has 1 rings (SSSR count). The molecular formula is C12H19NO3. The predicted octanol–water partition coefficient (Wildman–Crippen LogP) is 1.66. The lowest BCUT2D eigenvalue weighted by molar-refractivity contribution is -0.147. The van der Waals surface area contributed by atoms with E-state index in [2.05, 4.69) is 6.58 Å². The van der Waals surface area contributed by atoms with Gasteiger partial charge in [-0.1, -0.05) is 6.08 Å². The number of carboxylic acid groups (broad SMARTS) is 1. The Morgan fingerprint density at radius 2 is 2.19 bits per heavy atom. The first-order valence-corrected chi connectivity index (χ1v) is 5.69. The number of hydrogen-bond donors (Lipinski definition) is 1. The van der Waals surface area contributed by atoms with Gasteiger partial charge < -0.3 is 10.0 Å². The van der Waals surface area contributed by atoms with Crippen LogP contribution in [0.3, 0.4) is 0 Å². The smallest absolute Gasteiger partial charge is 0.308 e. The van der Waals surface area contributed by atoms with E-state index in [0.717, 1.165) is 6.42 Å². The molecular weight excluding hydrogens is 206 g/mol. The number of aliphatic carboxylic acids is 1. The van der Waals surface area contributed by atoms with Crippen molar-refractivity contribution < 1.29 is 14.7 Å². The third-order valence-electron chi connectivity index (χ3n) is 3.11. The van der Waals surface area contributed by atoms with Crippen molar-refractivity contribution in [1.82, 2.24) is 4.90 Å². The molecule has 1 saturated heterocycles. The van der Waals surface area contributed by atoms with Crippen LogP contribution >= 0.6 is 0 Å². The Morgan fingerprint density at radius 1 is 1.50 bits per heavy atom. The first-order valence-electron chi connectivity index (χ1n) is 5.69. The molecule has 1 aliphatic heterocycles. The molecule has 1 heterocycles. The average Bonchev–Trinajstić information content (AvgIpc) is 2.26. The summed E-state index contributed by atoms with van der Waals surface area (Å²) in [4.78, 5) is 24.4. The predicted molar refractivity (Wildman–Crippen MR) is 61.0 cm³/mol. The fourth-order valence-corrected chi connectivity index (χ4v) is 2.03. The zero-order chi connectivity index (χ0) is 12.1. The van der Waals surface area contributed by atoms with Crippen LogP contribution in [0.5, 0.6) is 0 Å². The largest absolute Gasteiger partial charge is 0.481 e. The van der Waals surface area contributed by atoms with Crippen molar-refractivity contribution in [1.29, 1.82) is 0 Å². The summed E-state index contributed by atoms with van der Waals surface area (Å²) < 4.78 is 0. The van der Waals surface area contributed by atoms with Gasteiger partial charge in [-0.3, -0.25) is 9.59 Å². The summed E-state index contributed by atoms with van der Waals surface area (Å²) in [6.45, 7) is 5.90. The first kappa shape index (κ1) is 12.7. The zero-order valence-electron chi connectivity index (χ0n) is 9.69. The number of amides is 1. The Balaban J connectivity index is 2.58. The van der Waals surface area contributed by atoms with Gasteiger partial charge in [0.25, 0.3) is 0 Å². The molecule has 0 spiro atoms. The van der Waals surface area contributed by atoms with E-state index in [9.17, 15) is 9.59 Å². The number of hydrogen-bond acceptors (Lipinski definition) is 2. The van der Waals surface area contributed by atoms with Crippen LogP contribution in [0.25, 0.3) is 0 Å². The van der Waals surface area contributed by atoms with Gasteiger partial charge in [0.15, 0.2) is 0 Å². The van der Waals surface area contributed by atoms with Gasteiger partial charge >= 0.3 is 5.97 Å². The fourth-order valence-electron chi connectivity index (χ4n) is 2.03. The number of piperidine rings is 1. The van der Waals surface area contributed by atoms with Crippen LogP contribution in [0.2, 0.25) is 0 Å². The minimum absolute atomic E-state index is 0.0401. The molecule has 4 heteroatoms. The molecule has 16 heavy (non-hydrogen) atoms. The summed E-state index contributed by atoms with van der Waals surface area (Å²) in [6.07, 6.45) is 4.24. The van der Waals surface area contributed by atoms with Gasteiger partial charge in [0.2, 0.25) is 5.91 Å². The minimum atomic E-state index is -0.798. The highest BCUT2D eigenvalue weighted by Crippen LogP contribution is 2.22. The quantitative estimate of drug-likeness (QED) is 0.740. The van der Waals surface area contributed by atoms with Crippen molar-refractivity contribution in [2.45, 2.75) is 38.6 Å². The second-order valence-electron chi connectivity index (χ2n) is 4.33. The van der Waals surface area contributed by atoms with E-state index in [1.807, 2.05) is 6.92 Å². The van der Waals surface area contributed by atoms with E-state index in [1.54, 1.807) is 11.0 Å². The molecule has 90 valence electrons. The maximum atomic E-state index is 11.8.